The summed E-state index contributed by atoms with van der Waals surface area (Å²) in [5, 5.41) is 36.9. The number of carbonyl (C=O) groups is 6. The third-order valence-corrected chi connectivity index (χ3v) is 9.06. The summed E-state index contributed by atoms with van der Waals surface area (Å²) in [4.78, 5) is 70.0. The lowest BCUT2D eigenvalue weighted by atomic mass is 10.1. The highest BCUT2D eigenvalue weighted by atomic mass is 79.9. The van der Waals surface area contributed by atoms with E-state index in [1.54, 1.807) is 113 Å². The van der Waals surface area contributed by atoms with Crippen LogP contribution < -0.4 is 25.4 Å². The normalized spacial score (nSPS) is 11.3. The first-order valence-electron chi connectivity index (χ1n) is 23.9. The first kappa shape index (κ1) is 78.2. The van der Waals surface area contributed by atoms with E-state index in [0.717, 1.165) is 10.9 Å². The third kappa shape index (κ3) is 38.3. The molecule has 0 aromatic heterocycles. The maximum Gasteiger partial charge on any atom is 0.408 e. The van der Waals surface area contributed by atoms with E-state index in [2.05, 4.69) is 57.1 Å². The Morgan fingerprint density at radius 1 is 0.577 bits per heavy atom. The van der Waals surface area contributed by atoms with Crippen LogP contribution in [0.4, 0.5) is 14.4 Å². The molecule has 0 heterocycles. The maximum absolute atomic E-state index is 12.2. The molecule has 3 atom stereocenters. The van der Waals surface area contributed by atoms with Crippen LogP contribution in [0.2, 0.25) is 15.1 Å². The van der Waals surface area contributed by atoms with Gasteiger partial charge in [0.15, 0.2) is 0 Å². The van der Waals surface area contributed by atoms with Gasteiger partial charge in [-0.1, -0.05) is 83.3 Å². The number of alkyl carbamates (subject to hydrolysis) is 3. The lowest BCUT2D eigenvalue weighted by Crippen LogP contribution is -2.45. The maximum atomic E-state index is 12.2. The van der Waals surface area contributed by atoms with E-state index in [4.69, 9.17) is 68.3 Å². The van der Waals surface area contributed by atoms with Crippen LogP contribution in [-0.2, 0) is 52.6 Å². The molecule has 0 aliphatic carbocycles. The molecule has 3 aromatic carbocycles. The number of phenolic OH excluding ortho intramolecular Hbond substituents is 1. The number of ether oxygens (including phenoxy) is 6. The van der Waals surface area contributed by atoms with Gasteiger partial charge < -0.3 is 59.7 Å². The number of aliphatic carboxylic acids is 2. The van der Waals surface area contributed by atoms with Crippen LogP contribution in [0, 0.1) is 25.2 Å². The molecule has 0 saturated carbocycles. The van der Waals surface area contributed by atoms with E-state index >= 15 is 0 Å². The number of rotatable bonds is 17. The smallest absolute Gasteiger partial charge is 0.408 e. The molecule has 18 nitrogen and oxygen atoms in total. The van der Waals surface area contributed by atoms with Gasteiger partial charge in [-0.15, -0.1) is 25.2 Å². The summed E-state index contributed by atoms with van der Waals surface area (Å²) >= 11 is 21.2. The number of hydrogen-bond acceptors (Lipinski definition) is 13. The molecule has 0 aliphatic heterocycles. The van der Waals surface area contributed by atoms with Crippen LogP contribution in [0.15, 0.2) is 54.6 Å². The lowest BCUT2D eigenvalue weighted by molar-refractivity contribution is -0.145. The molecular weight excluding hydrogens is 1140 g/mol. The second-order valence-corrected chi connectivity index (χ2v) is 20.7. The van der Waals surface area contributed by atoms with Crippen LogP contribution in [0.3, 0.4) is 0 Å². The Hall–Kier alpha value is -6.25. The van der Waals surface area contributed by atoms with Crippen LogP contribution in [-0.4, -0.2) is 112 Å². The first-order valence-corrected chi connectivity index (χ1v) is 26.1. The summed E-state index contributed by atoms with van der Waals surface area (Å²) in [7, 11) is 0. The Kier molecular flexibility index (Phi) is 41.0. The highest BCUT2D eigenvalue weighted by molar-refractivity contribution is 9.09. The number of carboxylic acids is 2. The Balaban J connectivity index is -0.000000490. The number of carbonyl (C=O) groups excluding carboxylic acids is 4. The van der Waals surface area contributed by atoms with Crippen molar-refractivity contribution in [2.24, 2.45) is 0 Å². The van der Waals surface area contributed by atoms with Crippen molar-refractivity contribution in [2.45, 2.75) is 159 Å². The summed E-state index contributed by atoms with van der Waals surface area (Å²) in [5.74, 6) is 0.391. The molecule has 0 radical (unpaired) electrons. The van der Waals surface area contributed by atoms with Crippen molar-refractivity contribution in [2.75, 3.05) is 25.2 Å². The van der Waals surface area contributed by atoms with Crippen molar-refractivity contribution in [3.8, 4) is 42.4 Å². The summed E-state index contributed by atoms with van der Waals surface area (Å²) in [6.07, 6.45) is 10.7. The molecule has 3 rings (SSSR count). The molecule has 3 aromatic rings. The zero-order valence-corrected chi connectivity index (χ0v) is 50.2. The predicted molar refractivity (Wildman–Crippen MR) is 311 cm³/mol. The number of halogens is 4. The number of nitrogens with one attached hydrogen (secondary N) is 3. The fourth-order valence-corrected chi connectivity index (χ4v) is 6.18. The van der Waals surface area contributed by atoms with Crippen molar-refractivity contribution < 1.29 is 72.5 Å². The Labute approximate surface area is 485 Å². The van der Waals surface area contributed by atoms with Gasteiger partial charge in [0.1, 0.15) is 52.2 Å². The Morgan fingerprint density at radius 3 is 1.12 bits per heavy atom. The molecule has 22 heteroatoms. The van der Waals surface area contributed by atoms with Gasteiger partial charge in [0, 0.05) is 24.6 Å². The minimum Gasteiger partial charge on any atom is -0.506 e. The fraction of sp³-hybridized carbons (Fsp3) is 0.500. The van der Waals surface area contributed by atoms with Crippen molar-refractivity contribution in [1.82, 2.24) is 16.0 Å². The number of benzene rings is 3. The third-order valence-electron chi connectivity index (χ3n) is 8.16. The van der Waals surface area contributed by atoms with E-state index in [9.17, 15) is 39.0 Å². The quantitative estimate of drug-likeness (QED) is 0.0318. The summed E-state index contributed by atoms with van der Waals surface area (Å²) in [5.41, 5.74) is -0.0678. The molecule has 0 fully saturated rings. The summed E-state index contributed by atoms with van der Waals surface area (Å²) in [6, 6.07) is 11.5. The van der Waals surface area contributed by atoms with Gasteiger partial charge in [0.05, 0.1) is 34.9 Å². The molecular formula is C56H81BrCl3N3O15. The zero-order chi connectivity index (χ0) is 60.3. The molecule has 0 spiro atoms. The minimum absolute atomic E-state index is 0. The second-order valence-electron chi connectivity index (χ2n) is 18.4. The monoisotopic (exact) mass is 1220 g/mol. The standard InChI is InChI=1S/C18H26ClNO5.C16H22ClNO5.C14H18ClNO5.C3H4.C2H5Br.C2H2.CH4/c1-6-23-15-9-8-12(10-13(15)19)11-14(16(21)24-7-2)20-17(22)25-18(3,4)5;1-5-22-13-7-6-10(8-11(13)17)9-12(14(19)20)18-15(21)23-16(2,3)4;1-14(2,3)21-13(20)16-10(12(18)19)7-8-4-5-11(17)9(15)6-8;1-3-2;1-2-3;1-2;/h8-10,14H,6-7,11H2,1-5H3,(H,20,22);6-8,12H,5,9H2,1-4H3,(H,18,21)(H,19,20);4-6,10,17H,7H2,1-3H3,(H,16,20)(H,18,19);1H,2H3;2H2,1H3;1-2H;1H4/t14-;12-;10-;;;;/m000..../s1. The Morgan fingerprint density at radius 2 is 0.859 bits per heavy atom. The van der Waals surface area contributed by atoms with Crippen LogP contribution >= 0.6 is 50.7 Å². The van der Waals surface area contributed by atoms with Crippen molar-refractivity contribution in [3.63, 3.8) is 0 Å². The topological polar surface area (TPSA) is 255 Å². The van der Waals surface area contributed by atoms with E-state index in [0.29, 0.717) is 45.9 Å². The average molecular weight is 1220 g/mol. The molecule has 438 valence electrons. The SMILES string of the molecule is C.C#C.C#CC.CC(C)(C)OC(=O)N[C@@H](Cc1ccc(O)c(Cl)c1)C(=O)O.CCBr.CCOC(=O)[C@H](Cc1ccc(OCC)c(Cl)c1)NC(=O)OC(C)(C)C.CCOc1ccc(C[C@H](NC(=O)OC(C)(C)C)C(=O)O)cc1Cl. The highest BCUT2D eigenvalue weighted by Crippen LogP contribution is 2.28. The first-order chi connectivity index (χ1) is 35.7. The van der Waals surface area contributed by atoms with E-state index in [-0.39, 0.29) is 44.1 Å². The molecule has 0 bridgehead atoms. The highest BCUT2D eigenvalue weighted by Gasteiger charge is 2.28. The molecule has 3 amide bonds. The molecule has 0 saturated heterocycles. The van der Waals surface area contributed by atoms with Gasteiger partial charge in [0.25, 0.3) is 0 Å². The van der Waals surface area contributed by atoms with Gasteiger partial charge in [-0.2, -0.15) is 0 Å². The zero-order valence-electron chi connectivity index (χ0n) is 46.4. The van der Waals surface area contributed by atoms with Gasteiger partial charge in [0.2, 0.25) is 0 Å². The number of carboxylic acid groups (broad SMARTS) is 2. The predicted octanol–water partition coefficient (Wildman–Crippen LogP) is 12.5. The van der Waals surface area contributed by atoms with E-state index in [1.165, 1.54) is 18.2 Å². The van der Waals surface area contributed by atoms with Crippen LogP contribution in [0.25, 0.3) is 0 Å². The number of terminal acetylenes is 2. The molecule has 0 unspecified atom stereocenters. The van der Waals surface area contributed by atoms with Crippen LogP contribution in [0.5, 0.6) is 17.2 Å². The lowest BCUT2D eigenvalue weighted by Gasteiger charge is -2.23. The van der Waals surface area contributed by atoms with E-state index in [1.807, 2.05) is 20.8 Å². The number of hydrogen-bond donors (Lipinski definition) is 6. The number of aromatic hydroxyl groups is 1. The van der Waals surface area contributed by atoms with Gasteiger partial charge in [-0.3, -0.25) is 0 Å². The molecule has 78 heavy (non-hydrogen) atoms. The van der Waals surface area contributed by atoms with Gasteiger partial charge >= 0.3 is 36.2 Å². The number of alkyl halides is 1. The number of esters is 1. The second kappa shape index (κ2) is 40.9. The number of amides is 3. The largest absolute Gasteiger partial charge is 0.506 e. The van der Waals surface area contributed by atoms with Gasteiger partial charge in [-0.25, -0.2) is 28.8 Å². The van der Waals surface area contributed by atoms with Crippen molar-refractivity contribution in [3.05, 3.63) is 86.4 Å². The van der Waals surface area contributed by atoms with E-state index < -0.39 is 71.1 Å². The Bertz CT molecular complexity index is 2360. The minimum atomic E-state index is -1.19. The number of phenols is 1. The van der Waals surface area contributed by atoms with Crippen LogP contribution in [0.1, 0.15) is 121 Å². The molecule has 6 N–H and O–H groups in total. The fourth-order valence-electron chi connectivity index (χ4n) is 5.46. The molecule has 0 aliphatic rings. The van der Waals surface area contributed by atoms with Crippen molar-refractivity contribution >= 4 is 86.9 Å². The summed E-state index contributed by atoms with van der Waals surface area (Å²) in [6.45, 7) is 25.7. The summed E-state index contributed by atoms with van der Waals surface area (Å²) < 4.78 is 31.0. The van der Waals surface area contributed by atoms with Crippen molar-refractivity contribution in [1.29, 1.82) is 0 Å². The van der Waals surface area contributed by atoms with Gasteiger partial charge in [-0.05, 0) is 143 Å². The average Bonchev–Trinajstić information content (AvgIpc) is 3.28.